The highest BCUT2D eigenvalue weighted by Gasteiger charge is 2.18. The van der Waals surface area contributed by atoms with Gasteiger partial charge in [-0.25, -0.2) is 9.59 Å². The molecule has 0 spiro atoms. The van der Waals surface area contributed by atoms with Gasteiger partial charge in [0.25, 0.3) is 0 Å². The van der Waals surface area contributed by atoms with Crippen LogP contribution in [0.5, 0.6) is 0 Å². The van der Waals surface area contributed by atoms with Gasteiger partial charge in [-0.2, -0.15) is 4.73 Å². The number of carbonyl (C=O) groups is 1. The van der Waals surface area contributed by atoms with E-state index in [2.05, 4.69) is 13.8 Å². The van der Waals surface area contributed by atoms with E-state index in [1.54, 1.807) is 6.07 Å². The lowest BCUT2D eigenvalue weighted by atomic mass is 9.95. The van der Waals surface area contributed by atoms with Crippen LogP contribution < -0.4 is 10.4 Å². The molecule has 0 saturated heterocycles. The number of hydrogen-bond donors (Lipinski definition) is 0. The highest BCUT2D eigenvalue weighted by molar-refractivity contribution is 5.86. The number of ether oxygens (including phenoxy) is 1. The number of rotatable bonds is 4. The highest BCUT2D eigenvalue weighted by Crippen LogP contribution is 2.27. The lowest BCUT2D eigenvalue weighted by Gasteiger charge is -2.13. The number of benzene rings is 1. The standard InChI is InChI=1S/C20H19NO5/c1-12(2)15-10-16-14(9-19(22)26-18(16)8-13(15)3)11-25-20(23)17-6-4-5-7-21(17)24/h4-10,12H,11H2,1-3H3. The second-order valence-electron chi connectivity index (χ2n) is 6.44. The van der Waals surface area contributed by atoms with Crippen molar-refractivity contribution in [2.24, 2.45) is 0 Å². The predicted octanol–water partition coefficient (Wildman–Crippen LogP) is 3.22. The maximum Gasteiger partial charge on any atom is 0.405 e. The lowest BCUT2D eigenvalue weighted by Crippen LogP contribution is -2.34. The summed E-state index contributed by atoms with van der Waals surface area (Å²) in [5.74, 6) is -0.455. The average molecular weight is 353 g/mol. The van der Waals surface area contributed by atoms with E-state index in [0.717, 1.165) is 16.5 Å². The van der Waals surface area contributed by atoms with Gasteiger partial charge in [0.15, 0.2) is 6.20 Å². The molecule has 6 nitrogen and oxygen atoms in total. The zero-order valence-electron chi connectivity index (χ0n) is 14.8. The molecule has 0 fully saturated rings. The lowest BCUT2D eigenvalue weighted by molar-refractivity contribution is -0.608. The quantitative estimate of drug-likeness (QED) is 0.311. The van der Waals surface area contributed by atoms with Crippen molar-refractivity contribution in [2.45, 2.75) is 33.3 Å². The molecule has 1 aromatic carbocycles. The molecule has 0 bridgehead atoms. The molecular formula is C20H19NO5. The number of fused-ring (bicyclic) bond motifs is 1. The summed E-state index contributed by atoms with van der Waals surface area (Å²) in [6.07, 6.45) is 1.22. The minimum Gasteiger partial charge on any atom is -0.618 e. The molecule has 0 amide bonds. The van der Waals surface area contributed by atoms with Gasteiger partial charge < -0.3 is 14.4 Å². The number of aromatic nitrogens is 1. The van der Waals surface area contributed by atoms with Crippen LogP contribution in [0.25, 0.3) is 11.0 Å². The first-order chi connectivity index (χ1) is 12.4. The van der Waals surface area contributed by atoms with E-state index >= 15 is 0 Å². The summed E-state index contributed by atoms with van der Waals surface area (Å²) in [4.78, 5) is 24.0. The minimum atomic E-state index is -0.752. The Morgan fingerprint density at radius 3 is 2.73 bits per heavy atom. The van der Waals surface area contributed by atoms with Gasteiger partial charge in [0, 0.05) is 29.1 Å². The first-order valence-electron chi connectivity index (χ1n) is 8.29. The van der Waals surface area contributed by atoms with Crippen molar-refractivity contribution >= 4 is 16.9 Å². The monoisotopic (exact) mass is 353 g/mol. The molecule has 0 saturated carbocycles. The summed E-state index contributed by atoms with van der Waals surface area (Å²) in [5.41, 5.74) is 2.52. The molecule has 134 valence electrons. The van der Waals surface area contributed by atoms with Crippen LogP contribution in [-0.4, -0.2) is 5.97 Å². The molecule has 3 rings (SSSR count). The Hall–Kier alpha value is -3.15. The second-order valence-corrected chi connectivity index (χ2v) is 6.44. The fourth-order valence-corrected chi connectivity index (χ4v) is 2.94. The maximum atomic E-state index is 12.1. The molecule has 0 aliphatic heterocycles. The summed E-state index contributed by atoms with van der Waals surface area (Å²) in [6.45, 7) is 5.99. The average Bonchev–Trinajstić information content (AvgIpc) is 2.58. The predicted molar refractivity (Wildman–Crippen MR) is 95.8 cm³/mol. The summed E-state index contributed by atoms with van der Waals surface area (Å²) < 4.78 is 11.0. The zero-order chi connectivity index (χ0) is 18.8. The Morgan fingerprint density at radius 1 is 1.27 bits per heavy atom. The summed E-state index contributed by atoms with van der Waals surface area (Å²) in [5, 5.41) is 12.4. The van der Waals surface area contributed by atoms with E-state index in [0.29, 0.717) is 21.8 Å². The Morgan fingerprint density at radius 2 is 2.04 bits per heavy atom. The molecule has 2 heterocycles. The minimum absolute atomic E-state index is 0.113. The fourth-order valence-electron chi connectivity index (χ4n) is 2.94. The number of nitrogens with zero attached hydrogens (tertiary/aromatic N) is 1. The van der Waals surface area contributed by atoms with Crippen molar-refractivity contribution < 1.29 is 18.7 Å². The molecule has 0 N–H and O–H groups in total. The zero-order valence-corrected chi connectivity index (χ0v) is 14.8. The second kappa shape index (κ2) is 7.00. The Labute approximate surface area is 150 Å². The maximum absolute atomic E-state index is 12.1. The number of aryl methyl sites for hydroxylation is 1. The van der Waals surface area contributed by atoms with Crippen molar-refractivity contribution in [2.75, 3.05) is 0 Å². The molecule has 0 radical (unpaired) electrons. The molecular weight excluding hydrogens is 334 g/mol. The molecule has 3 aromatic rings. The third-order valence-corrected chi connectivity index (χ3v) is 4.23. The molecule has 0 atom stereocenters. The van der Waals surface area contributed by atoms with Crippen LogP contribution in [0.3, 0.4) is 0 Å². The topological polar surface area (TPSA) is 83.5 Å². The van der Waals surface area contributed by atoms with Crippen molar-refractivity contribution in [3.8, 4) is 0 Å². The van der Waals surface area contributed by atoms with Crippen LogP contribution >= 0.6 is 0 Å². The number of hydrogen-bond acceptors (Lipinski definition) is 5. The van der Waals surface area contributed by atoms with Crippen LogP contribution in [0.2, 0.25) is 0 Å². The molecule has 26 heavy (non-hydrogen) atoms. The van der Waals surface area contributed by atoms with Gasteiger partial charge in [0.2, 0.25) is 0 Å². The van der Waals surface area contributed by atoms with Gasteiger partial charge in [0.1, 0.15) is 12.2 Å². The summed E-state index contributed by atoms with van der Waals surface area (Å²) in [7, 11) is 0. The SMILES string of the molecule is Cc1cc2oc(=O)cc(COC(=O)c3cccc[n+]3[O-])c2cc1C(C)C. The van der Waals surface area contributed by atoms with Gasteiger partial charge in [-0.15, -0.1) is 0 Å². The Balaban J connectivity index is 1.97. The highest BCUT2D eigenvalue weighted by atomic mass is 16.5. The van der Waals surface area contributed by atoms with Crippen LogP contribution in [-0.2, 0) is 11.3 Å². The number of esters is 1. The summed E-state index contributed by atoms with van der Waals surface area (Å²) in [6, 6.07) is 9.57. The van der Waals surface area contributed by atoms with Crippen LogP contribution in [0.1, 0.15) is 46.9 Å². The van der Waals surface area contributed by atoms with Crippen LogP contribution in [0.15, 0.2) is 51.8 Å². The third-order valence-electron chi connectivity index (χ3n) is 4.23. The van der Waals surface area contributed by atoms with Gasteiger partial charge in [-0.05, 0) is 42.2 Å². The van der Waals surface area contributed by atoms with E-state index in [1.807, 2.05) is 19.1 Å². The molecule has 0 aliphatic rings. The van der Waals surface area contributed by atoms with Crippen molar-refractivity contribution in [1.29, 1.82) is 0 Å². The van der Waals surface area contributed by atoms with Gasteiger partial charge in [0.05, 0.1) is 0 Å². The van der Waals surface area contributed by atoms with E-state index in [9.17, 15) is 14.8 Å². The van der Waals surface area contributed by atoms with Crippen LogP contribution in [0.4, 0.5) is 0 Å². The van der Waals surface area contributed by atoms with E-state index in [4.69, 9.17) is 9.15 Å². The van der Waals surface area contributed by atoms with E-state index in [-0.39, 0.29) is 12.3 Å². The molecule has 0 unspecified atom stereocenters. The first kappa shape index (κ1) is 17.7. The van der Waals surface area contributed by atoms with Crippen molar-refractivity contribution in [3.63, 3.8) is 0 Å². The molecule has 6 heteroatoms. The first-order valence-corrected chi connectivity index (χ1v) is 8.29. The number of carbonyl (C=O) groups excluding carboxylic acids is 1. The Kier molecular flexibility index (Phi) is 4.75. The Bertz CT molecular complexity index is 1040. The van der Waals surface area contributed by atoms with Crippen LogP contribution in [0, 0.1) is 12.1 Å². The largest absolute Gasteiger partial charge is 0.618 e. The molecule has 0 aliphatic carbocycles. The van der Waals surface area contributed by atoms with Crippen molar-refractivity contribution in [1.82, 2.24) is 0 Å². The smallest absolute Gasteiger partial charge is 0.405 e. The van der Waals surface area contributed by atoms with Gasteiger partial charge >= 0.3 is 17.3 Å². The molecule has 2 aromatic heterocycles. The fraction of sp³-hybridized carbons (Fsp3) is 0.250. The van der Waals surface area contributed by atoms with Gasteiger partial charge in [-0.1, -0.05) is 13.8 Å². The van der Waals surface area contributed by atoms with E-state index < -0.39 is 11.6 Å². The number of pyridine rings is 1. The van der Waals surface area contributed by atoms with Crippen molar-refractivity contribution in [3.05, 3.63) is 80.6 Å². The normalized spacial score (nSPS) is 11.1. The summed E-state index contributed by atoms with van der Waals surface area (Å²) >= 11 is 0. The van der Waals surface area contributed by atoms with Gasteiger partial charge in [-0.3, -0.25) is 0 Å². The van der Waals surface area contributed by atoms with E-state index in [1.165, 1.54) is 24.4 Å². The third kappa shape index (κ3) is 3.44.